The number of carbonyl (C=O) groups is 4. The van der Waals surface area contributed by atoms with E-state index < -0.39 is 23.8 Å². The number of carbonyl (C=O) groups excluding carboxylic acids is 4. The molecule has 2 aliphatic heterocycles. The Balaban J connectivity index is 1.74. The molecular formula is C20H24N2O5. The van der Waals surface area contributed by atoms with E-state index in [2.05, 4.69) is 0 Å². The highest BCUT2D eigenvalue weighted by atomic mass is 16.5. The van der Waals surface area contributed by atoms with Crippen molar-refractivity contribution in [2.75, 3.05) is 19.7 Å². The normalized spacial score (nSPS) is 17.4. The third-order valence-electron chi connectivity index (χ3n) is 4.90. The number of fused-ring (bicyclic) bond motifs is 1. The lowest BCUT2D eigenvalue weighted by molar-refractivity contribution is -0.155. The van der Waals surface area contributed by atoms with E-state index >= 15 is 0 Å². The van der Waals surface area contributed by atoms with Crippen molar-refractivity contribution in [3.63, 3.8) is 0 Å². The maximum absolute atomic E-state index is 12.7. The van der Waals surface area contributed by atoms with Gasteiger partial charge in [-0.3, -0.25) is 19.3 Å². The summed E-state index contributed by atoms with van der Waals surface area (Å²) in [7, 11) is 0. The highest BCUT2D eigenvalue weighted by Crippen LogP contribution is 2.27. The van der Waals surface area contributed by atoms with Crippen molar-refractivity contribution >= 4 is 23.7 Å². The molecule has 1 atom stereocenters. The molecule has 1 aromatic rings. The van der Waals surface area contributed by atoms with E-state index in [1.807, 2.05) is 13.8 Å². The summed E-state index contributed by atoms with van der Waals surface area (Å²) in [6, 6.07) is 5.47. The van der Waals surface area contributed by atoms with Crippen LogP contribution in [0, 0.1) is 5.92 Å². The van der Waals surface area contributed by atoms with E-state index in [4.69, 9.17) is 4.74 Å². The maximum Gasteiger partial charge on any atom is 0.329 e. The number of amides is 3. The van der Waals surface area contributed by atoms with Crippen molar-refractivity contribution in [3.8, 4) is 0 Å². The third kappa shape index (κ3) is 3.86. The molecule has 1 fully saturated rings. The minimum atomic E-state index is -1.04. The van der Waals surface area contributed by atoms with Crippen LogP contribution in [0.2, 0.25) is 0 Å². The fourth-order valence-electron chi connectivity index (χ4n) is 3.53. The van der Waals surface area contributed by atoms with E-state index in [1.54, 1.807) is 29.2 Å². The zero-order valence-corrected chi connectivity index (χ0v) is 15.6. The molecule has 0 N–H and O–H groups in total. The number of ether oxygens (including phenoxy) is 1. The number of esters is 1. The molecule has 0 bridgehead atoms. The van der Waals surface area contributed by atoms with Crippen molar-refractivity contribution in [1.29, 1.82) is 0 Å². The van der Waals surface area contributed by atoms with Crippen LogP contribution in [0.1, 0.15) is 53.8 Å². The van der Waals surface area contributed by atoms with E-state index in [0.29, 0.717) is 13.1 Å². The Morgan fingerprint density at radius 3 is 2.11 bits per heavy atom. The van der Waals surface area contributed by atoms with Crippen molar-refractivity contribution in [1.82, 2.24) is 9.80 Å². The van der Waals surface area contributed by atoms with E-state index in [9.17, 15) is 19.2 Å². The van der Waals surface area contributed by atoms with Gasteiger partial charge in [0.15, 0.2) is 6.61 Å². The molecule has 0 aliphatic carbocycles. The van der Waals surface area contributed by atoms with Crippen molar-refractivity contribution in [2.45, 2.75) is 39.2 Å². The molecule has 3 rings (SSSR count). The first-order valence-corrected chi connectivity index (χ1v) is 9.31. The summed E-state index contributed by atoms with van der Waals surface area (Å²) in [6.07, 6.45) is 2.18. The molecule has 3 amide bonds. The first-order valence-electron chi connectivity index (χ1n) is 9.31. The summed E-state index contributed by atoms with van der Waals surface area (Å²) in [4.78, 5) is 52.9. The molecular weight excluding hydrogens is 348 g/mol. The Hall–Kier alpha value is -2.70. The Morgan fingerprint density at radius 1 is 1.04 bits per heavy atom. The summed E-state index contributed by atoms with van der Waals surface area (Å²) in [5.41, 5.74) is 0.578. The second kappa shape index (κ2) is 7.90. The van der Waals surface area contributed by atoms with Gasteiger partial charge in [0.05, 0.1) is 11.1 Å². The predicted octanol–water partition coefficient (Wildman–Crippen LogP) is 1.86. The van der Waals surface area contributed by atoms with Crippen LogP contribution in [0.5, 0.6) is 0 Å². The van der Waals surface area contributed by atoms with E-state index in [0.717, 1.165) is 17.7 Å². The number of hydrogen-bond acceptors (Lipinski definition) is 5. The zero-order valence-electron chi connectivity index (χ0n) is 15.6. The Morgan fingerprint density at radius 2 is 1.59 bits per heavy atom. The number of rotatable bonds is 6. The van der Waals surface area contributed by atoms with Gasteiger partial charge in [0.1, 0.15) is 6.04 Å². The van der Waals surface area contributed by atoms with E-state index in [1.165, 1.54) is 0 Å². The van der Waals surface area contributed by atoms with Gasteiger partial charge >= 0.3 is 5.97 Å². The molecule has 2 aliphatic rings. The van der Waals surface area contributed by atoms with Crippen LogP contribution in [0.4, 0.5) is 0 Å². The van der Waals surface area contributed by atoms with Gasteiger partial charge in [0.25, 0.3) is 17.7 Å². The lowest BCUT2D eigenvalue weighted by Crippen LogP contribution is -2.47. The van der Waals surface area contributed by atoms with Crippen LogP contribution >= 0.6 is 0 Å². The quantitative estimate of drug-likeness (QED) is 0.562. The fourth-order valence-corrected chi connectivity index (χ4v) is 3.53. The topological polar surface area (TPSA) is 84.0 Å². The first kappa shape index (κ1) is 19.1. The molecule has 7 nitrogen and oxygen atoms in total. The van der Waals surface area contributed by atoms with Gasteiger partial charge in [0.2, 0.25) is 0 Å². The van der Waals surface area contributed by atoms with Crippen molar-refractivity contribution in [2.24, 2.45) is 5.92 Å². The lowest BCUT2D eigenvalue weighted by Gasteiger charge is -2.26. The van der Waals surface area contributed by atoms with Gasteiger partial charge in [-0.25, -0.2) is 4.79 Å². The van der Waals surface area contributed by atoms with Gasteiger partial charge in [-0.1, -0.05) is 26.0 Å². The molecule has 0 radical (unpaired) electrons. The summed E-state index contributed by atoms with van der Waals surface area (Å²) in [6.45, 7) is 4.77. The Labute approximate surface area is 158 Å². The second-order valence-electron chi connectivity index (χ2n) is 7.37. The minimum absolute atomic E-state index is 0.0566. The summed E-state index contributed by atoms with van der Waals surface area (Å²) < 4.78 is 5.21. The average Bonchev–Trinajstić information content (AvgIpc) is 3.26. The monoisotopic (exact) mass is 372 g/mol. The zero-order chi connectivity index (χ0) is 19.6. The van der Waals surface area contributed by atoms with Crippen LogP contribution in [-0.4, -0.2) is 59.2 Å². The highest BCUT2D eigenvalue weighted by Gasteiger charge is 2.43. The van der Waals surface area contributed by atoms with Gasteiger partial charge in [-0.15, -0.1) is 0 Å². The lowest BCUT2D eigenvalue weighted by atomic mass is 10.0. The molecule has 0 unspecified atom stereocenters. The van der Waals surface area contributed by atoms with Gasteiger partial charge in [0, 0.05) is 13.1 Å². The number of imide groups is 1. The minimum Gasteiger partial charge on any atom is -0.454 e. The fraction of sp³-hybridized carbons (Fsp3) is 0.500. The highest BCUT2D eigenvalue weighted by molar-refractivity contribution is 6.22. The number of likely N-dealkylation sites (tertiary alicyclic amines) is 1. The number of hydrogen-bond donors (Lipinski definition) is 0. The predicted molar refractivity (Wildman–Crippen MR) is 97.0 cm³/mol. The van der Waals surface area contributed by atoms with Crippen LogP contribution in [0.25, 0.3) is 0 Å². The van der Waals surface area contributed by atoms with E-state index in [-0.39, 0.29) is 36.0 Å². The summed E-state index contributed by atoms with van der Waals surface area (Å²) in [5, 5.41) is 0. The van der Waals surface area contributed by atoms with Crippen LogP contribution < -0.4 is 0 Å². The largest absolute Gasteiger partial charge is 0.454 e. The molecule has 0 spiro atoms. The van der Waals surface area contributed by atoms with Gasteiger partial charge < -0.3 is 9.64 Å². The third-order valence-corrected chi connectivity index (χ3v) is 4.90. The van der Waals surface area contributed by atoms with Crippen LogP contribution in [0.15, 0.2) is 24.3 Å². The number of benzene rings is 1. The maximum atomic E-state index is 12.7. The molecule has 144 valence electrons. The van der Waals surface area contributed by atoms with Gasteiger partial charge in [-0.05, 0) is 37.3 Å². The standard InChI is InChI=1S/C20H24N2O5/c1-13(2)11-16(20(26)27-12-17(23)21-9-5-6-10-21)22-18(24)14-7-3-4-8-15(14)19(22)25/h3-4,7-8,13,16H,5-6,9-12H2,1-2H3/t16-/m1/s1. The Kier molecular flexibility index (Phi) is 5.58. The average molecular weight is 372 g/mol. The molecule has 0 saturated carbocycles. The number of nitrogens with zero attached hydrogens (tertiary/aromatic N) is 2. The summed E-state index contributed by atoms with van der Waals surface area (Å²) in [5.74, 6) is -1.90. The molecule has 0 aromatic heterocycles. The smallest absolute Gasteiger partial charge is 0.329 e. The SMILES string of the molecule is CC(C)C[C@H](C(=O)OCC(=O)N1CCCC1)N1C(=O)c2ccccc2C1=O. The van der Waals surface area contributed by atoms with Gasteiger partial charge in [-0.2, -0.15) is 0 Å². The second-order valence-corrected chi connectivity index (χ2v) is 7.37. The molecule has 1 aromatic carbocycles. The molecule has 7 heteroatoms. The Bertz CT molecular complexity index is 732. The molecule has 1 saturated heterocycles. The summed E-state index contributed by atoms with van der Waals surface area (Å²) >= 11 is 0. The van der Waals surface area contributed by atoms with Crippen molar-refractivity contribution < 1.29 is 23.9 Å². The van der Waals surface area contributed by atoms with Crippen LogP contribution in [0.3, 0.4) is 0 Å². The molecule has 27 heavy (non-hydrogen) atoms. The first-order chi connectivity index (χ1) is 12.9. The van der Waals surface area contributed by atoms with Crippen molar-refractivity contribution in [3.05, 3.63) is 35.4 Å². The molecule has 2 heterocycles. The van der Waals surface area contributed by atoms with Crippen LogP contribution in [-0.2, 0) is 14.3 Å².